The zero-order chi connectivity index (χ0) is 19.6. The Morgan fingerprint density at radius 2 is 1.63 bits per heavy atom. The number of hydrogen-bond acceptors (Lipinski definition) is 4. The van der Waals surface area contributed by atoms with E-state index in [0.29, 0.717) is 34.6 Å². The molecule has 0 saturated carbocycles. The van der Waals surface area contributed by atoms with E-state index in [1.165, 1.54) is 0 Å². The molecule has 0 heterocycles. The Morgan fingerprint density at radius 3 is 2.30 bits per heavy atom. The van der Waals surface area contributed by atoms with Crippen LogP contribution < -0.4 is 20.3 Å². The average Bonchev–Trinajstić information content (AvgIpc) is 2.65. The number of rotatable bonds is 8. The number of halogens is 2. The highest BCUT2D eigenvalue weighted by Crippen LogP contribution is 2.26. The molecule has 0 bridgehead atoms. The van der Waals surface area contributed by atoms with E-state index in [1.807, 2.05) is 13.0 Å². The summed E-state index contributed by atoms with van der Waals surface area (Å²) in [6.45, 7) is 2.09. The van der Waals surface area contributed by atoms with Crippen LogP contribution in [0, 0.1) is 0 Å². The molecule has 0 aliphatic heterocycles. The van der Waals surface area contributed by atoms with Gasteiger partial charge in [-0.05, 0) is 43.2 Å². The summed E-state index contributed by atoms with van der Waals surface area (Å²) in [5.74, 6) is 0.179. The fourth-order valence-electron chi connectivity index (χ4n) is 2.20. The molecule has 2 N–H and O–H groups in total. The summed E-state index contributed by atoms with van der Waals surface area (Å²) in [6.07, 6.45) is 0.589. The maximum absolute atomic E-state index is 11.9. The van der Waals surface area contributed by atoms with Crippen molar-refractivity contribution in [2.24, 2.45) is 0 Å². The topological polar surface area (TPSA) is 76.7 Å². The summed E-state index contributed by atoms with van der Waals surface area (Å²) in [4.78, 5) is 23.7. The molecule has 2 aromatic rings. The molecule has 8 heteroatoms. The van der Waals surface area contributed by atoms with Crippen molar-refractivity contribution in [1.29, 1.82) is 0 Å². The zero-order valence-electron chi connectivity index (χ0n) is 14.8. The number of hydrazine groups is 1. The van der Waals surface area contributed by atoms with Gasteiger partial charge in [-0.3, -0.25) is 20.4 Å². The fourth-order valence-corrected chi connectivity index (χ4v) is 2.70. The van der Waals surface area contributed by atoms with Gasteiger partial charge >= 0.3 is 0 Å². The number of carbonyl (C=O) groups is 2. The second-order valence-electron chi connectivity index (χ2n) is 5.50. The lowest BCUT2D eigenvalue weighted by Crippen LogP contribution is -2.43. The first-order valence-electron chi connectivity index (χ1n) is 8.35. The predicted molar refractivity (Wildman–Crippen MR) is 104 cm³/mol. The van der Waals surface area contributed by atoms with Crippen LogP contribution in [-0.4, -0.2) is 25.0 Å². The summed E-state index contributed by atoms with van der Waals surface area (Å²) >= 11 is 11.9. The van der Waals surface area contributed by atoms with Crippen molar-refractivity contribution in [3.8, 4) is 11.5 Å². The van der Waals surface area contributed by atoms with Gasteiger partial charge in [-0.1, -0.05) is 41.4 Å². The molecule has 6 nitrogen and oxygen atoms in total. The lowest BCUT2D eigenvalue weighted by Gasteiger charge is -2.12. The lowest BCUT2D eigenvalue weighted by molar-refractivity contribution is -0.130. The Balaban J connectivity index is 1.73. The van der Waals surface area contributed by atoms with E-state index in [2.05, 4.69) is 10.9 Å². The summed E-state index contributed by atoms with van der Waals surface area (Å²) < 4.78 is 10.8. The Morgan fingerprint density at radius 1 is 0.963 bits per heavy atom. The minimum atomic E-state index is -0.487. The maximum Gasteiger partial charge on any atom is 0.276 e. The zero-order valence-corrected chi connectivity index (χ0v) is 16.3. The standard InChI is InChI=1S/C19H20Cl2N2O4/c1-2-26-16-5-3-4-6-17(16)27-12-19(25)23-22-18(24)10-8-13-7-9-14(20)11-15(13)21/h3-7,9,11H,2,8,10,12H2,1H3,(H,22,24)(H,23,25). The summed E-state index contributed by atoms with van der Waals surface area (Å²) in [7, 11) is 0. The molecule has 27 heavy (non-hydrogen) atoms. The number of hydrogen-bond donors (Lipinski definition) is 2. The van der Waals surface area contributed by atoms with Gasteiger partial charge in [0.1, 0.15) is 0 Å². The first-order chi connectivity index (χ1) is 13.0. The highest BCUT2D eigenvalue weighted by atomic mass is 35.5. The molecule has 2 rings (SSSR count). The van der Waals surface area contributed by atoms with Gasteiger partial charge in [0.15, 0.2) is 18.1 Å². The van der Waals surface area contributed by atoms with E-state index >= 15 is 0 Å². The molecule has 144 valence electrons. The minimum absolute atomic E-state index is 0.162. The molecule has 0 aromatic heterocycles. The van der Waals surface area contributed by atoms with E-state index in [0.717, 1.165) is 5.56 Å². The van der Waals surface area contributed by atoms with Gasteiger partial charge in [0, 0.05) is 16.5 Å². The van der Waals surface area contributed by atoms with Crippen LogP contribution in [0.15, 0.2) is 42.5 Å². The van der Waals surface area contributed by atoms with Crippen LogP contribution in [0.1, 0.15) is 18.9 Å². The smallest absolute Gasteiger partial charge is 0.276 e. The number of ether oxygens (including phenoxy) is 2. The van der Waals surface area contributed by atoms with Gasteiger partial charge in [-0.15, -0.1) is 0 Å². The van der Waals surface area contributed by atoms with Crippen LogP contribution in [0.5, 0.6) is 11.5 Å². The molecule has 0 saturated heterocycles. The molecule has 0 aliphatic carbocycles. The summed E-state index contributed by atoms with van der Waals surface area (Å²) in [5, 5.41) is 1.03. The molecule has 0 spiro atoms. The van der Waals surface area contributed by atoms with Crippen molar-refractivity contribution in [2.45, 2.75) is 19.8 Å². The third-order valence-electron chi connectivity index (χ3n) is 3.49. The second-order valence-corrected chi connectivity index (χ2v) is 6.34. The Hall–Kier alpha value is -2.44. The Bertz CT molecular complexity index is 799. The lowest BCUT2D eigenvalue weighted by atomic mass is 10.1. The molecule has 0 fully saturated rings. The van der Waals surface area contributed by atoms with Crippen LogP contribution in [0.4, 0.5) is 0 Å². The van der Waals surface area contributed by atoms with Crippen LogP contribution in [0.2, 0.25) is 10.0 Å². The summed E-state index contributed by atoms with van der Waals surface area (Å²) in [5.41, 5.74) is 5.45. The van der Waals surface area contributed by atoms with E-state index in [4.69, 9.17) is 32.7 Å². The van der Waals surface area contributed by atoms with Crippen LogP contribution in [0.25, 0.3) is 0 Å². The average molecular weight is 411 g/mol. The largest absolute Gasteiger partial charge is 0.490 e. The molecule has 2 amide bonds. The van der Waals surface area contributed by atoms with Gasteiger partial charge in [-0.2, -0.15) is 0 Å². The minimum Gasteiger partial charge on any atom is -0.490 e. The quantitative estimate of drug-likeness (QED) is 0.652. The van der Waals surface area contributed by atoms with Crippen molar-refractivity contribution >= 4 is 35.0 Å². The van der Waals surface area contributed by atoms with E-state index in [9.17, 15) is 9.59 Å². The highest BCUT2D eigenvalue weighted by Gasteiger charge is 2.09. The molecule has 2 aromatic carbocycles. The maximum atomic E-state index is 11.9. The Kier molecular flexibility index (Phi) is 8.23. The van der Waals surface area contributed by atoms with Crippen molar-refractivity contribution in [3.63, 3.8) is 0 Å². The normalized spacial score (nSPS) is 10.2. The highest BCUT2D eigenvalue weighted by molar-refractivity contribution is 6.35. The van der Waals surface area contributed by atoms with Crippen LogP contribution >= 0.6 is 23.2 Å². The Labute approximate surface area is 167 Å². The number of nitrogens with one attached hydrogen (secondary N) is 2. The monoisotopic (exact) mass is 410 g/mol. The number of aryl methyl sites for hydroxylation is 1. The van der Waals surface area contributed by atoms with Crippen LogP contribution in [0.3, 0.4) is 0 Å². The number of amides is 2. The molecule has 0 unspecified atom stereocenters. The van der Waals surface area contributed by atoms with Crippen molar-refractivity contribution < 1.29 is 19.1 Å². The molecular formula is C19H20Cl2N2O4. The molecule has 0 radical (unpaired) electrons. The SMILES string of the molecule is CCOc1ccccc1OCC(=O)NNC(=O)CCc1ccc(Cl)cc1Cl. The van der Waals surface area contributed by atoms with Crippen molar-refractivity contribution in [1.82, 2.24) is 10.9 Å². The van der Waals surface area contributed by atoms with Crippen molar-refractivity contribution in [3.05, 3.63) is 58.1 Å². The molecule has 0 atom stereocenters. The van der Waals surface area contributed by atoms with Crippen molar-refractivity contribution in [2.75, 3.05) is 13.2 Å². The van der Waals surface area contributed by atoms with Gasteiger partial charge in [-0.25, -0.2) is 0 Å². The third kappa shape index (κ3) is 7.00. The number of benzene rings is 2. The number of para-hydroxylation sites is 2. The van der Waals surface area contributed by atoms with E-state index < -0.39 is 5.91 Å². The van der Waals surface area contributed by atoms with Crippen LogP contribution in [-0.2, 0) is 16.0 Å². The molecule has 0 aliphatic rings. The van der Waals surface area contributed by atoms with E-state index in [-0.39, 0.29) is 18.9 Å². The first-order valence-corrected chi connectivity index (χ1v) is 9.11. The van der Waals surface area contributed by atoms with E-state index in [1.54, 1.807) is 36.4 Å². The van der Waals surface area contributed by atoms with Gasteiger partial charge in [0.2, 0.25) is 5.91 Å². The van der Waals surface area contributed by atoms with Gasteiger partial charge in [0.25, 0.3) is 5.91 Å². The van der Waals surface area contributed by atoms with Gasteiger partial charge < -0.3 is 9.47 Å². The molecular weight excluding hydrogens is 391 g/mol. The fraction of sp³-hybridized carbons (Fsp3) is 0.263. The third-order valence-corrected chi connectivity index (χ3v) is 4.07. The number of carbonyl (C=O) groups excluding carboxylic acids is 2. The predicted octanol–water partition coefficient (Wildman–Crippen LogP) is 3.55. The second kappa shape index (κ2) is 10.6. The summed E-state index contributed by atoms with van der Waals surface area (Å²) in [6, 6.07) is 12.1. The van der Waals surface area contributed by atoms with Gasteiger partial charge in [0.05, 0.1) is 6.61 Å². The first kappa shape index (κ1) is 20.9.